The van der Waals surface area contributed by atoms with Crippen LogP contribution in [0.2, 0.25) is 0 Å². The van der Waals surface area contributed by atoms with Gasteiger partial charge in [-0.15, -0.1) is 0 Å². The summed E-state index contributed by atoms with van der Waals surface area (Å²) in [4.78, 5) is 35.8. The van der Waals surface area contributed by atoms with Gasteiger partial charge in [-0.2, -0.15) is 4.39 Å². The summed E-state index contributed by atoms with van der Waals surface area (Å²) in [5, 5.41) is 0. The van der Waals surface area contributed by atoms with Crippen LogP contribution in [0.1, 0.15) is 10.5 Å². The van der Waals surface area contributed by atoms with Crippen LogP contribution >= 0.6 is 0 Å². The molecule has 6 nitrogen and oxygen atoms in total. The van der Waals surface area contributed by atoms with Crippen molar-refractivity contribution in [2.24, 2.45) is 7.05 Å². The predicted octanol–water partition coefficient (Wildman–Crippen LogP) is -0.103. The molecule has 0 saturated heterocycles. The van der Waals surface area contributed by atoms with E-state index in [1.165, 1.54) is 0 Å². The Morgan fingerprint density at radius 1 is 1.44 bits per heavy atom. The van der Waals surface area contributed by atoms with E-state index in [-0.39, 0.29) is 12.3 Å². The molecule has 0 aromatic carbocycles. The van der Waals surface area contributed by atoms with Gasteiger partial charge in [0.15, 0.2) is 5.78 Å². The molecule has 0 fully saturated rings. The van der Waals surface area contributed by atoms with Crippen LogP contribution in [0, 0.1) is 5.82 Å². The first-order valence-corrected chi connectivity index (χ1v) is 5.13. The first-order chi connectivity index (χ1) is 8.49. The van der Waals surface area contributed by atoms with Crippen LogP contribution in [0.4, 0.5) is 4.39 Å². The molecule has 0 amide bonds. The molecule has 0 aliphatic rings. The quantitative estimate of drug-likeness (QED) is 0.774. The van der Waals surface area contributed by atoms with Crippen molar-refractivity contribution in [3.05, 3.63) is 56.9 Å². The van der Waals surface area contributed by atoms with E-state index in [4.69, 9.17) is 0 Å². The lowest BCUT2D eigenvalue weighted by atomic mass is 10.3. The highest BCUT2D eigenvalue weighted by atomic mass is 19.1. The average Bonchev–Trinajstić information content (AvgIpc) is 2.72. The van der Waals surface area contributed by atoms with Gasteiger partial charge in [0.25, 0.3) is 5.56 Å². The fraction of sp³-hybridized carbons (Fsp3) is 0.182. The maximum atomic E-state index is 13.0. The van der Waals surface area contributed by atoms with Gasteiger partial charge in [0.05, 0.1) is 18.4 Å². The Hall–Kier alpha value is -2.44. The third kappa shape index (κ3) is 2.15. The minimum atomic E-state index is -1.10. The highest BCUT2D eigenvalue weighted by molar-refractivity contribution is 5.94. The van der Waals surface area contributed by atoms with Crippen LogP contribution in [0.25, 0.3) is 0 Å². The summed E-state index contributed by atoms with van der Waals surface area (Å²) in [5.41, 5.74) is -1.51. The van der Waals surface area contributed by atoms with Gasteiger partial charge in [0.1, 0.15) is 0 Å². The number of aromatic amines is 1. The topological polar surface area (TPSA) is 76.9 Å². The van der Waals surface area contributed by atoms with E-state index in [2.05, 4.69) is 0 Å². The fourth-order valence-corrected chi connectivity index (χ4v) is 1.59. The van der Waals surface area contributed by atoms with Crippen molar-refractivity contribution in [3.63, 3.8) is 0 Å². The van der Waals surface area contributed by atoms with E-state index in [1.807, 2.05) is 0 Å². The summed E-state index contributed by atoms with van der Waals surface area (Å²) in [6, 6.07) is 3.28. The molecule has 0 radical (unpaired) electrons. The second kappa shape index (κ2) is 4.44. The zero-order valence-electron chi connectivity index (χ0n) is 9.51. The molecule has 0 spiro atoms. The van der Waals surface area contributed by atoms with Crippen LogP contribution in [-0.2, 0) is 13.6 Å². The van der Waals surface area contributed by atoms with Gasteiger partial charge < -0.3 is 4.57 Å². The number of aryl methyl sites for hydroxylation is 1. The second-order valence-corrected chi connectivity index (χ2v) is 3.79. The molecular weight excluding hydrogens is 241 g/mol. The number of carbonyl (C=O) groups excluding carboxylic acids is 1. The number of rotatable bonds is 3. The van der Waals surface area contributed by atoms with E-state index in [0.29, 0.717) is 5.69 Å². The van der Waals surface area contributed by atoms with Crippen molar-refractivity contribution in [2.75, 3.05) is 0 Å². The van der Waals surface area contributed by atoms with Gasteiger partial charge in [-0.3, -0.25) is 19.1 Å². The lowest BCUT2D eigenvalue weighted by Crippen LogP contribution is -2.33. The summed E-state index contributed by atoms with van der Waals surface area (Å²) in [6.07, 6.45) is 2.41. The molecule has 0 unspecified atom stereocenters. The molecule has 2 aromatic heterocycles. The fourth-order valence-electron chi connectivity index (χ4n) is 1.59. The first kappa shape index (κ1) is 12.0. The zero-order chi connectivity index (χ0) is 13.3. The summed E-state index contributed by atoms with van der Waals surface area (Å²) in [5.74, 6) is -1.45. The van der Waals surface area contributed by atoms with Crippen LogP contribution in [0.3, 0.4) is 0 Å². The Morgan fingerprint density at radius 3 is 2.78 bits per heavy atom. The molecule has 94 valence electrons. The molecule has 18 heavy (non-hydrogen) atoms. The van der Waals surface area contributed by atoms with Crippen LogP contribution < -0.4 is 11.2 Å². The van der Waals surface area contributed by atoms with Gasteiger partial charge in [-0.25, -0.2) is 4.79 Å². The van der Waals surface area contributed by atoms with E-state index >= 15 is 0 Å². The van der Waals surface area contributed by atoms with Crippen molar-refractivity contribution in [1.29, 1.82) is 0 Å². The third-order valence-electron chi connectivity index (χ3n) is 2.51. The van der Waals surface area contributed by atoms with E-state index < -0.39 is 17.1 Å². The SMILES string of the molecule is Cn1cccc1C(=O)Cn1cc(F)c(=O)[nH]c1=O. The lowest BCUT2D eigenvalue weighted by Gasteiger charge is -2.05. The number of ketones is 1. The van der Waals surface area contributed by atoms with Gasteiger partial charge in [-0.1, -0.05) is 0 Å². The Labute approximate surface area is 100 Å². The number of H-pyrrole nitrogens is 1. The number of halogens is 1. The largest absolute Gasteiger partial charge is 0.348 e. The number of nitrogens with one attached hydrogen (secondary N) is 1. The van der Waals surface area contributed by atoms with Crippen molar-refractivity contribution in [3.8, 4) is 0 Å². The number of hydrogen-bond acceptors (Lipinski definition) is 3. The Kier molecular flexibility index (Phi) is 2.97. The molecule has 2 aromatic rings. The lowest BCUT2D eigenvalue weighted by molar-refractivity contribution is 0.0962. The number of hydrogen-bond donors (Lipinski definition) is 1. The summed E-state index contributed by atoms with van der Waals surface area (Å²) >= 11 is 0. The molecule has 0 aliphatic carbocycles. The van der Waals surface area contributed by atoms with E-state index in [1.54, 1.807) is 34.9 Å². The molecule has 0 saturated carbocycles. The van der Waals surface area contributed by atoms with Crippen molar-refractivity contribution in [2.45, 2.75) is 6.54 Å². The first-order valence-electron chi connectivity index (χ1n) is 5.13. The minimum absolute atomic E-state index is 0.329. The third-order valence-corrected chi connectivity index (χ3v) is 2.51. The molecule has 1 N–H and O–H groups in total. The number of carbonyl (C=O) groups is 1. The van der Waals surface area contributed by atoms with E-state index in [9.17, 15) is 18.8 Å². The second-order valence-electron chi connectivity index (χ2n) is 3.79. The normalized spacial score (nSPS) is 10.6. The van der Waals surface area contributed by atoms with Crippen molar-refractivity contribution >= 4 is 5.78 Å². The van der Waals surface area contributed by atoms with Crippen LogP contribution in [0.15, 0.2) is 34.1 Å². The zero-order valence-corrected chi connectivity index (χ0v) is 9.51. The highest BCUT2D eigenvalue weighted by Crippen LogP contribution is 2.02. The van der Waals surface area contributed by atoms with Crippen molar-refractivity contribution < 1.29 is 9.18 Å². The summed E-state index contributed by atoms with van der Waals surface area (Å²) in [6.45, 7) is -0.329. The molecule has 0 atom stereocenters. The van der Waals surface area contributed by atoms with E-state index in [0.717, 1.165) is 10.8 Å². The Balaban J connectivity index is 2.33. The summed E-state index contributed by atoms with van der Waals surface area (Å²) < 4.78 is 15.4. The average molecular weight is 251 g/mol. The van der Waals surface area contributed by atoms with Crippen LogP contribution in [-0.4, -0.2) is 19.9 Å². The molecule has 2 heterocycles. The standard InChI is InChI=1S/C11H10FN3O3/c1-14-4-2-3-8(14)9(16)6-15-5-7(12)10(17)13-11(15)18/h2-5H,6H2,1H3,(H,13,17,18). The maximum absolute atomic E-state index is 13.0. The smallest absolute Gasteiger partial charge is 0.328 e. The van der Waals surface area contributed by atoms with Gasteiger partial charge in [-0.05, 0) is 12.1 Å². The van der Waals surface area contributed by atoms with Gasteiger partial charge >= 0.3 is 5.69 Å². The molecule has 0 bridgehead atoms. The number of aromatic nitrogens is 3. The molecule has 0 aliphatic heterocycles. The van der Waals surface area contributed by atoms with Gasteiger partial charge in [0, 0.05) is 13.2 Å². The predicted molar refractivity (Wildman–Crippen MR) is 61.0 cm³/mol. The Morgan fingerprint density at radius 2 is 2.17 bits per heavy atom. The van der Waals surface area contributed by atoms with Crippen LogP contribution in [0.5, 0.6) is 0 Å². The minimum Gasteiger partial charge on any atom is -0.348 e. The van der Waals surface area contributed by atoms with Crippen molar-refractivity contribution in [1.82, 2.24) is 14.1 Å². The summed E-state index contributed by atoms with van der Waals surface area (Å²) in [7, 11) is 1.68. The monoisotopic (exact) mass is 251 g/mol. The highest BCUT2D eigenvalue weighted by Gasteiger charge is 2.12. The van der Waals surface area contributed by atoms with Gasteiger partial charge in [0.2, 0.25) is 5.82 Å². The Bertz CT molecular complexity index is 711. The number of Topliss-reactive ketones (excluding diaryl/α,β-unsaturated/α-hetero) is 1. The number of nitrogens with zero attached hydrogens (tertiary/aromatic N) is 2. The molecule has 7 heteroatoms. The molecular formula is C11H10FN3O3. The maximum Gasteiger partial charge on any atom is 0.328 e. The molecule has 2 rings (SSSR count).